The first-order valence-corrected chi connectivity index (χ1v) is 7.61. The first-order chi connectivity index (χ1) is 11.5. The van der Waals surface area contributed by atoms with Gasteiger partial charge in [0.1, 0.15) is 17.6 Å². The predicted molar refractivity (Wildman–Crippen MR) is 87.4 cm³/mol. The average molecular weight is 328 g/mol. The molecule has 2 aromatic rings. The summed E-state index contributed by atoms with van der Waals surface area (Å²) in [5, 5.41) is 9.81. The molecule has 0 radical (unpaired) electrons. The molecule has 1 aliphatic rings. The Hall–Kier alpha value is -2.89. The standard InChI is InChI=1S/C18H17FN2O3/c1-20(17(23)12-6-2-5-9-16(12)22)15-10-11-21(18(15)24)14-8-4-3-7-13(14)19/h2-9,15,22H,10-11H2,1H3. The number of nitrogens with zero attached hydrogens (tertiary/aromatic N) is 2. The van der Waals surface area contributed by atoms with Crippen molar-refractivity contribution in [2.24, 2.45) is 0 Å². The van der Waals surface area contributed by atoms with Crippen LogP contribution in [0.3, 0.4) is 0 Å². The van der Waals surface area contributed by atoms with Crippen molar-refractivity contribution in [1.82, 2.24) is 4.90 Å². The smallest absolute Gasteiger partial charge is 0.258 e. The molecule has 5 nitrogen and oxygen atoms in total. The van der Waals surface area contributed by atoms with Gasteiger partial charge in [0.2, 0.25) is 5.91 Å². The monoisotopic (exact) mass is 328 g/mol. The van der Waals surface area contributed by atoms with Crippen molar-refractivity contribution in [2.45, 2.75) is 12.5 Å². The van der Waals surface area contributed by atoms with E-state index in [9.17, 15) is 19.1 Å². The van der Waals surface area contributed by atoms with Crippen molar-refractivity contribution in [3.8, 4) is 5.75 Å². The summed E-state index contributed by atoms with van der Waals surface area (Å²) in [6, 6.07) is 11.6. The summed E-state index contributed by atoms with van der Waals surface area (Å²) in [5.41, 5.74) is 0.352. The molecule has 3 rings (SSSR count). The van der Waals surface area contributed by atoms with Gasteiger partial charge in [-0.25, -0.2) is 4.39 Å². The fraction of sp³-hybridized carbons (Fsp3) is 0.222. The minimum atomic E-state index is -0.684. The molecular weight excluding hydrogens is 311 g/mol. The molecule has 0 spiro atoms. The van der Waals surface area contributed by atoms with Crippen LogP contribution < -0.4 is 4.90 Å². The van der Waals surface area contributed by atoms with Crippen LogP contribution in [0.15, 0.2) is 48.5 Å². The van der Waals surface area contributed by atoms with E-state index in [1.807, 2.05) is 0 Å². The SMILES string of the molecule is CN(C(=O)c1ccccc1O)C1CCN(c2ccccc2F)C1=O. The zero-order valence-electron chi connectivity index (χ0n) is 13.1. The maximum atomic E-state index is 13.9. The number of amides is 2. The van der Waals surface area contributed by atoms with Gasteiger partial charge >= 0.3 is 0 Å². The second-order valence-electron chi connectivity index (χ2n) is 5.68. The fourth-order valence-corrected chi connectivity index (χ4v) is 2.92. The summed E-state index contributed by atoms with van der Waals surface area (Å²) >= 11 is 0. The van der Waals surface area contributed by atoms with Crippen LogP contribution in [0.4, 0.5) is 10.1 Å². The molecular formula is C18H17FN2O3. The molecule has 0 saturated carbocycles. The summed E-state index contributed by atoms with van der Waals surface area (Å²) in [5.74, 6) is -1.37. The Bertz CT molecular complexity index is 793. The van der Waals surface area contributed by atoms with Crippen LogP contribution >= 0.6 is 0 Å². The van der Waals surface area contributed by atoms with Crippen molar-refractivity contribution >= 4 is 17.5 Å². The second-order valence-corrected chi connectivity index (χ2v) is 5.68. The van der Waals surface area contributed by atoms with Gasteiger partial charge in [-0.2, -0.15) is 0 Å². The molecule has 2 amide bonds. The van der Waals surface area contributed by atoms with Crippen LogP contribution in [-0.2, 0) is 4.79 Å². The zero-order valence-corrected chi connectivity index (χ0v) is 13.1. The number of carbonyl (C=O) groups is 2. The van der Waals surface area contributed by atoms with E-state index in [0.717, 1.165) is 0 Å². The third kappa shape index (κ3) is 2.71. The topological polar surface area (TPSA) is 60.9 Å². The van der Waals surface area contributed by atoms with Gasteiger partial charge in [0, 0.05) is 13.6 Å². The predicted octanol–water partition coefficient (Wildman–Crippen LogP) is 2.41. The van der Waals surface area contributed by atoms with Gasteiger partial charge in [-0.1, -0.05) is 24.3 Å². The van der Waals surface area contributed by atoms with E-state index in [4.69, 9.17) is 0 Å². The van der Waals surface area contributed by atoms with E-state index < -0.39 is 17.8 Å². The molecule has 1 saturated heterocycles. The maximum absolute atomic E-state index is 13.9. The van der Waals surface area contributed by atoms with E-state index >= 15 is 0 Å². The first-order valence-electron chi connectivity index (χ1n) is 7.61. The molecule has 2 aromatic carbocycles. The molecule has 1 fully saturated rings. The van der Waals surface area contributed by atoms with Gasteiger partial charge in [-0.3, -0.25) is 9.59 Å². The Morgan fingerprint density at radius 2 is 1.88 bits per heavy atom. The average Bonchev–Trinajstić information content (AvgIpc) is 2.96. The van der Waals surface area contributed by atoms with Gasteiger partial charge in [-0.05, 0) is 30.7 Å². The van der Waals surface area contributed by atoms with Crippen LogP contribution in [0.25, 0.3) is 0 Å². The fourth-order valence-electron chi connectivity index (χ4n) is 2.92. The number of hydrogen-bond donors (Lipinski definition) is 1. The normalized spacial score (nSPS) is 17.2. The number of phenols is 1. The Morgan fingerprint density at radius 3 is 2.58 bits per heavy atom. The van der Waals surface area contributed by atoms with E-state index in [1.54, 1.807) is 30.3 Å². The molecule has 1 atom stereocenters. The minimum absolute atomic E-state index is 0.134. The second kappa shape index (κ2) is 6.31. The first kappa shape index (κ1) is 16.0. The van der Waals surface area contributed by atoms with Crippen molar-refractivity contribution in [3.05, 3.63) is 59.9 Å². The lowest BCUT2D eigenvalue weighted by Gasteiger charge is -2.24. The molecule has 0 bridgehead atoms. The highest BCUT2D eigenvalue weighted by atomic mass is 19.1. The molecule has 0 aromatic heterocycles. The van der Waals surface area contributed by atoms with Crippen LogP contribution in [0.2, 0.25) is 0 Å². The summed E-state index contributed by atoms with van der Waals surface area (Å²) in [6.07, 6.45) is 0.406. The Morgan fingerprint density at radius 1 is 1.21 bits per heavy atom. The van der Waals surface area contributed by atoms with E-state index in [0.29, 0.717) is 13.0 Å². The number of benzene rings is 2. The van der Waals surface area contributed by atoms with Crippen molar-refractivity contribution in [2.75, 3.05) is 18.5 Å². The van der Waals surface area contributed by atoms with Crippen molar-refractivity contribution in [1.29, 1.82) is 0 Å². The summed E-state index contributed by atoms with van der Waals surface area (Å²) in [6.45, 7) is 0.336. The van der Waals surface area contributed by atoms with E-state index in [1.165, 1.54) is 35.0 Å². The Labute approximate surface area is 138 Å². The number of rotatable bonds is 3. The molecule has 1 unspecified atom stereocenters. The van der Waals surface area contributed by atoms with E-state index in [-0.39, 0.29) is 22.9 Å². The van der Waals surface area contributed by atoms with Gasteiger partial charge in [0.05, 0.1) is 11.3 Å². The number of para-hydroxylation sites is 2. The van der Waals surface area contributed by atoms with Gasteiger partial charge in [0.25, 0.3) is 5.91 Å². The number of carbonyl (C=O) groups excluding carboxylic acids is 2. The zero-order chi connectivity index (χ0) is 17.3. The van der Waals surface area contributed by atoms with E-state index in [2.05, 4.69) is 0 Å². The molecule has 0 aliphatic carbocycles. The van der Waals surface area contributed by atoms with Crippen molar-refractivity contribution < 1.29 is 19.1 Å². The highest BCUT2D eigenvalue weighted by molar-refractivity contribution is 6.04. The highest BCUT2D eigenvalue weighted by Crippen LogP contribution is 2.27. The number of phenolic OH excluding ortho intramolecular Hbond substituents is 1. The van der Waals surface area contributed by atoms with Gasteiger partial charge in [-0.15, -0.1) is 0 Å². The lowest BCUT2D eigenvalue weighted by Crippen LogP contribution is -2.43. The molecule has 24 heavy (non-hydrogen) atoms. The summed E-state index contributed by atoms with van der Waals surface area (Å²) in [4.78, 5) is 27.8. The van der Waals surface area contributed by atoms with Crippen LogP contribution in [0, 0.1) is 5.82 Å². The number of halogens is 1. The quantitative estimate of drug-likeness (QED) is 0.941. The van der Waals surface area contributed by atoms with Crippen LogP contribution in [0.5, 0.6) is 5.75 Å². The van der Waals surface area contributed by atoms with Crippen LogP contribution in [-0.4, -0.2) is 41.5 Å². The molecule has 1 N–H and O–H groups in total. The lowest BCUT2D eigenvalue weighted by molar-refractivity contribution is -0.120. The lowest BCUT2D eigenvalue weighted by atomic mass is 10.1. The summed E-state index contributed by atoms with van der Waals surface area (Å²) in [7, 11) is 1.52. The number of aromatic hydroxyl groups is 1. The number of anilines is 1. The largest absolute Gasteiger partial charge is 0.507 e. The van der Waals surface area contributed by atoms with Gasteiger partial charge < -0.3 is 14.9 Å². The van der Waals surface area contributed by atoms with Crippen molar-refractivity contribution in [3.63, 3.8) is 0 Å². The third-order valence-corrected chi connectivity index (χ3v) is 4.24. The van der Waals surface area contributed by atoms with Gasteiger partial charge in [0.15, 0.2) is 0 Å². The molecule has 1 aliphatic heterocycles. The Kier molecular flexibility index (Phi) is 4.20. The Balaban J connectivity index is 1.81. The minimum Gasteiger partial charge on any atom is -0.507 e. The highest BCUT2D eigenvalue weighted by Gasteiger charge is 2.38. The molecule has 1 heterocycles. The summed E-state index contributed by atoms with van der Waals surface area (Å²) < 4.78 is 13.9. The number of likely N-dealkylation sites (N-methyl/N-ethyl adjacent to an activating group) is 1. The molecule has 124 valence electrons. The third-order valence-electron chi connectivity index (χ3n) is 4.24. The van der Waals surface area contributed by atoms with Crippen LogP contribution in [0.1, 0.15) is 16.8 Å². The molecule has 6 heteroatoms. The number of hydrogen-bond acceptors (Lipinski definition) is 3. The maximum Gasteiger partial charge on any atom is 0.258 e.